The number of aliphatic hydroxyl groups excluding tert-OH is 1. The fourth-order valence-corrected chi connectivity index (χ4v) is 2.59. The molecule has 0 aliphatic heterocycles. The van der Waals surface area contributed by atoms with E-state index in [9.17, 15) is 5.11 Å². The van der Waals surface area contributed by atoms with E-state index in [4.69, 9.17) is 0 Å². The van der Waals surface area contributed by atoms with Crippen LogP contribution in [0.5, 0.6) is 0 Å². The summed E-state index contributed by atoms with van der Waals surface area (Å²) >= 11 is 0. The molecule has 2 heteroatoms. The van der Waals surface area contributed by atoms with Gasteiger partial charge in [-0.3, -0.25) is 0 Å². The van der Waals surface area contributed by atoms with E-state index >= 15 is 0 Å². The van der Waals surface area contributed by atoms with Gasteiger partial charge in [-0.2, -0.15) is 0 Å². The van der Waals surface area contributed by atoms with Gasteiger partial charge in [-0.1, -0.05) is 19.1 Å². The lowest BCUT2D eigenvalue weighted by molar-refractivity contribution is 0.136. The number of allylic oxidation sites excluding steroid dienone is 1. The summed E-state index contributed by atoms with van der Waals surface area (Å²) in [7, 11) is 0. The van der Waals surface area contributed by atoms with Gasteiger partial charge in [0.15, 0.2) is 0 Å². The molecule has 4 unspecified atom stereocenters. The number of hydrogen-bond donors (Lipinski definition) is 2. The molecule has 0 radical (unpaired) electrons. The largest absolute Gasteiger partial charge is 0.393 e. The summed E-state index contributed by atoms with van der Waals surface area (Å²) in [6, 6.07) is 0.697. The third kappa shape index (κ3) is 2.01. The van der Waals surface area contributed by atoms with E-state index < -0.39 is 0 Å². The van der Waals surface area contributed by atoms with Gasteiger partial charge in [0.2, 0.25) is 0 Å². The van der Waals surface area contributed by atoms with Crippen LogP contribution in [-0.4, -0.2) is 23.8 Å². The van der Waals surface area contributed by atoms with Crippen LogP contribution in [0.1, 0.15) is 32.6 Å². The summed E-state index contributed by atoms with van der Waals surface area (Å²) in [6.07, 6.45) is 8.96. The zero-order chi connectivity index (χ0) is 9.97. The molecule has 2 aliphatic rings. The van der Waals surface area contributed by atoms with Crippen LogP contribution in [0.25, 0.3) is 0 Å². The van der Waals surface area contributed by atoms with Crippen LogP contribution >= 0.6 is 0 Å². The van der Waals surface area contributed by atoms with Crippen molar-refractivity contribution in [1.82, 2.24) is 5.32 Å². The predicted octanol–water partition coefficient (Wildman–Crippen LogP) is 1.70. The fraction of sp³-hybridized carbons (Fsp3) is 0.833. The zero-order valence-electron chi connectivity index (χ0n) is 8.95. The standard InChI is InChI=1S/C12H21NO/c1-2-10(14)6-7-13-12-8-9-4-3-5-11(9)12/h3,5,9-14H,2,4,6-8H2,1H3. The number of nitrogens with one attached hydrogen (secondary N) is 1. The van der Waals surface area contributed by atoms with E-state index in [1.165, 1.54) is 12.8 Å². The van der Waals surface area contributed by atoms with Crippen LogP contribution in [0.4, 0.5) is 0 Å². The van der Waals surface area contributed by atoms with E-state index in [0.29, 0.717) is 6.04 Å². The van der Waals surface area contributed by atoms with E-state index in [1.807, 2.05) is 6.92 Å². The minimum atomic E-state index is -0.113. The van der Waals surface area contributed by atoms with Crippen LogP contribution < -0.4 is 5.32 Å². The van der Waals surface area contributed by atoms with Crippen molar-refractivity contribution in [1.29, 1.82) is 0 Å². The first-order valence-electron chi connectivity index (χ1n) is 5.89. The first-order valence-corrected chi connectivity index (χ1v) is 5.89. The average Bonchev–Trinajstić information content (AvgIpc) is 2.54. The van der Waals surface area contributed by atoms with E-state index in [1.54, 1.807) is 0 Å². The van der Waals surface area contributed by atoms with Gasteiger partial charge >= 0.3 is 0 Å². The van der Waals surface area contributed by atoms with Crippen molar-refractivity contribution in [3.05, 3.63) is 12.2 Å². The van der Waals surface area contributed by atoms with E-state index in [2.05, 4.69) is 17.5 Å². The molecule has 0 bridgehead atoms. The first-order chi connectivity index (χ1) is 6.81. The van der Waals surface area contributed by atoms with Crippen molar-refractivity contribution in [3.8, 4) is 0 Å². The highest BCUT2D eigenvalue weighted by Gasteiger charge is 2.40. The Morgan fingerprint density at radius 3 is 3.14 bits per heavy atom. The third-order valence-corrected chi connectivity index (χ3v) is 3.72. The molecule has 80 valence electrons. The van der Waals surface area contributed by atoms with Crippen molar-refractivity contribution in [2.75, 3.05) is 6.54 Å². The maximum absolute atomic E-state index is 9.39. The highest BCUT2D eigenvalue weighted by atomic mass is 16.3. The van der Waals surface area contributed by atoms with Crippen molar-refractivity contribution >= 4 is 0 Å². The Morgan fingerprint density at radius 1 is 1.57 bits per heavy atom. The minimum Gasteiger partial charge on any atom is -0.393 e. The van der Waals surface area contributed by atoms with Crippen LogP contribution in [0.15, 0.2) is 12.2 Å². The molecule has 2 N–H and O–H groups in total. The molecule has 2 aliphatic carbocycles. The summed E-state index contributed by atoms with van der Waals surface area (Å²) in [5.74, 6) is 1.73. The highest BCUT2D eigenvalue weighted by molar-refractivity contribution is 5.12. The maximum atomic E-state index is 9.39. The number of rotatable bonds is 5. The predicted molar refractivity (Wildman–Crippen MR) is 58.1 cm³/mol. The molecule has 0 aromatic carbocycles. The Bertz CT molecular complexity index is 214. The van der Waals surface area contributed by atoms with Crippen molar-refractivity contribution < 1.29 is 5.11 Å². The molecule has 14 heavy (non-hydrogen) atoms. The van der Waals surface area contributed by atoms with Gasteiger partial charge in [-0.05, 0) is 44.1 Å². The Labute approximate surface area is 86.4 Å². The Hall–Kier alpha value is -0.340. The van der Waals surface area contributed by atoms with Gasteiger partial charge in [-0.25, -0.2) is 0 Å². The van der Waals surface area contributed by atoms with Crippen LogP contribution in [0, 0.1) is 11.8 Å². The molecule has 4 atom stereocenters. The molecule has 1 fully saturated rings. The summed E-state index contributed by atoms with van der Waals surface area (Å²) in [5.41, 5.74) is 0. The van der Waals surface area contributed by atoms with E-state index in [-0.39, 0.29) is 6.10 Å². The first kappa shape index (κ1) is 10.2. The van der Waals surface area contributed by atoms with Gasteiger partial charge in [0.1, 0.15) is 0 Å². The second-order valence-corrected chi connectivity index (χ2v) is 4.65. The summed E-state index contributed by atoms with van der Waals surface area (Å²) in [4.78, 5) is 0. The molecule has 0 heterocycles. The van der Waals surface area contributed by atoms with E-state index in [0.717, 1.165) is 31.2 Å². The summed E-state index contributed by atoms with van der Waals surface area (Å²) < 4.78 is 0. The highest BCUT2D eigenvalue weighted by Crippen LogP contribution is 2.42. The Kier molecular flexibility index (Phi) is 3.24. The Balaban J connectivity index is 1.61. The molecule has 2 rings (SSSR count). The second-order valence-electron chi connectivity index (χ2n) is 4.65. The van der Waals surface area contributed by atoms with Crippen LogP contribution in [-0.2, 0) is 0 Å². The lowest BCUT2D eigenvalue weighted by Crippen LogP contribution is -2.48. The quantitative estimate of drug-likeness (QED) is 0.654. The van der Waals surface area contributed by atoms with Gasteiger partial charge in [0.05, 0.1) is 6.10 Å². The molecule has 0 aromatic rings. The number of hydrogen-bond acceptors (Lipinski definition) is 2. The van der Waals surface area contributed by atoms with Crippen LogP contribution in [0.3, 0.4) is 0 Å². The van der Waals surface area contributed by atoms with Gasteiger partial charge < -0.3 is 10.4 Å². The molecule has 0 amide bonds. The van der Waals surface area contributed by atoms with Crippen LogP contribution in [0.2, 0.25) is 0 Å². The second kappa shape index (κ2) is 4.45. The third-order valence-electron chi connectivity index (χ3n) is 3.72. The SMILES string of the molecule is CCC(O)CCNC1CC2CC=CC21. The van der Waals surface area contributed by atoms with Crippen molar-refractivity contribution in [2.45, 2.75) is 44.8 Å². The average molecular weight is 195 g/mol. The van der Waals surface area contributed by atoms with Gasteiger partial charge in [0, 0.05) is 6.04 Å². The summed E-state index contributed by atoms with van der Waals surface area (Å²) in [6.45, 7) is 3.00. The van der Waals surface area contributed by atoms with Gasteiger partial charge in [0.25, 0.3) is 0 Å². The number of fused-ring (bicyclic) bond motifs is 1. The molecular weight excluding hydrogens is 174 g/mol. The lowest BCUT2D eigenvalue weighted by atomic mass is 9.71. The molecule has 1 saturated carbocycles. The molecular formula is C12H21NO. The Morgan fingerprint density at radius 2 is 2.43 bits per heavy atom. The topological polar surface area (TPSA) is 32.3 Å². The van der Waals surface area contributed by atoms with Gasteiger partial charge in [-0.15, -0.1) is 0 Å². The fourth-order valence-electron chi connectivity index (χ4n) is 2.59. The lowest BCUT2D eigenvalue weighted by Gasteiger charge is -2.41. The minimum absolute atomic E-state index is 0.113. The molecule has 2 nitrogen and oxygen atoms in total. The summed E-state index contributed by atoms with van der Waals surface area (Å²) in [5, 5.41) is 12.9. The molecule has 0 aromatic heterocycles. The number of aliphatic hydroxyl groups is 1. The molecule has 0 saturated heterocycles. The smallest absolute Gasteiger partial charge is 0.0549 e. The maximum Gasteiger partial charge on any atom is 0.0549 e. The zero-order valence-corrected chi connectivity index (χ0v) is 8.95. The molecule has 0 spiro atoms. The monoisotopic (exact) mass is 195 g/mol. The normalized spacial score (nSPS) is 36.6. The van der Waals surface area contributed by atoms with Crippen molar-refractivity contribution in [3.63, 3.8) is 0 Å². The van der Waals surface area contributed by atoms with Crippen molar-refractivity contribution in [2.24, 2.45) is 11.8 Å².